The zero-order valence-electron chi connectivity index (χ0n) is 13.4. The van der Waals surface area contributed by atoms with Crippen LogP contribution in [0.1, 0.15) is 41.0 Å². The van der Waals surface area contributed by atoms with Gasteiger partial charge in [0, 0.05) is 23.9 Å². The van der Waals surface area contributed by atoms with Gasteiger partial charge in [0.25, 0.3) is 0 Å². The minimum absolute atomic E-state index is 0.0170. The Kier molecular flexibility index (Phi) is 3.87. The second-order valence-electron chi connectivity index (χ2n) is 6.81. The van der Waals surface area contributed by atoms with Crippen LogP contribution in [0, 0.1) is 20.9 Å². The number of rotatable bonds is 6. The third kappa shape index (κ3) is 2.69. The molecule has 0 aromatic heterocycles. The topological polar surface area (TPSA) is 64.4 Å². The molecule has 0 atom stereocenters. The van der Waals surface area contributed by atoms with Gasteiger partial charge < -0.3 is 10.1 Å². The highest BCUT2D eigenvalue weighted by molar-refractivity contribution is 5.59. The van der Waals surface area contributed by atoms with Crippen molar-refractivity contribution < 1.29 is 9.66 Å². The van der Waals surface area contributed by atoms with Crippen LogP contribution in [0.4, 0.5) is 11.4 Å². The Balaban J connectivity index is 2.20. The van der Waals surface area contributed by atoms with E-state index in [0.29, 0.717) is 18.4 Å². The first-order valence-electron chi connectivity index (χ1n) is 7.39. The highest BCUT2D eigenvalue weighted by Gasteiger charge is 2.64. The number of hydrogen-bond donors (Lipinski definition) is 1. The number of anilines is 1. The van der Waals surface area contributed by atoms with E-state index in [0.717, 1.165) is 12.1 Å². The van der Waals surface area contributed by atoms with Gasteiger partial charge in [-0.1, -0.05) is 34.6 Å². The number of hydrogen-bond acceptors (Lipinski definition) is 4. The van der Waals surface area contributed by atoms with Gasteiger partial charge in [0.05, 0.1) is 11.5 Å². The Morgan fingerprint density at radius 2 is 1.90 bits per heavy atom. The minimum Gasteiger partial charge on any atom is -0.487 e. The van der Waals surface area contributed by atoms with Gasteiger partial charge in [-0.05, 0) is 23.3 Å². The Hall–Kier alpha value is -1.78. The van der Waals surface area contributed by atoms with E-state index < -0.39 is 4.92 Å². The maximum atomic E-state index is 11.0. The minimum atomic E-state index is -0.403. The van der Waals surface area contributed by atoms with Crippen molar-refractivity contribution in [3.8, 4) is 5.75 Å². The molecule has 1 saturated carbocycles. The van der Waals surface area contributed by atoms with E-state index in [1.165, 1.54) is 6.07 Å². The molecule has 0 unspecified atom stereocenters. The van der Waals surface area contributed by atoms with Crippen LogP contribution in [0.5, 0.6) is 5.75 Å². The van der Waals surface area contributed by atoms with Crippen molar-refractivity contribution in [1.29, 1.82) is 0 Å². The van der Waals surface area contributed by atoms with Crippen molar-refractivity contribution in [2.75, 3.05) is 11.9 Å². The average molecular weight is 292 g/mol. The standard InChI is InChI=1S/C16H24N2O3/c1-6-9-21-13-10-11(7-8-12(13)18(19)20)17-14-15(2,3)16(14,4)5/h7-8,10,14,17H,6,9H2,1-5H3. The first-order valence-corrected chi connectivity index (χ1v) is 7.39. The molecular formula is C16H24N2O3. The summed E-state index contributed by atoms with van der Waals surface area (Å²) in [6, 6.07) is 5.35. The fourth-order valence-corrected chi connectivity index (χ4v) is 2.81. The Bertz CT molecular complexity index is 538. The van der Waals surface area contributed by atoms with Gasteiger partial charge in [-0.25, -0.2) is 0 Å². The van der Waals surface area contributed by atoms with Gasteiger partial charge in [-0.15, -0.1) is 0 Å². The molecule has 1 N–H and O–H groups in total. The van der Waals surface area contributed by atoms with Crippen molar-refractivity contribution in [3.05, 3.63) is 28.3 Å². The summed E-state index contributed by atoms with van der Waals surface area (Å²) in [6.45, 7) is 11.4. The summed E-state index contributed by atoms with van der Waals surface area (Å²) in [7, 11) is 0. The van der Waals surface area contributed by atoms with Crippen molar-refractivity contribution in [3.63, 3.8) is 0 Å². The van der Waals surface area contributed by atoms with Crippen LogP contribution >= 0.6 is 0 Å². The largest absolute Gasteiger partial charge is 0.487 e. The normalized spacial score (nSPS) is 19.1. The molecule has 0 aliphatic heterocycles. The Morgan fingerprint density at radius 1 is 1.29 bits per heavy atom. The first-order chi connectivity index (χ1) is 9.71. The zero-order chi connectivity index (χ0) is 15.8. The molecule has 1 fully saturated rings. The van der Waals surface area contributed by atoms with E-state index in [4.69, 9.17) is 4.74 Å². The SMILES string of the molecule is CCCOc1cc(NC2C(C)(C)C2(C)C)ccc1[N+](=O)[O-]. The van der Waals surface area contributed by atoms with E-state index in [1.807, 2.05) is 6.92 Å². The van der Waals surface area contributed by atoms with Crippen molar-refractivity contribution >= 4 is 11.4 Å². The number of nitrogens with one attached hydrogen (secondary N) is 1. The van der Waals surface area contributed by atoms with E-state index in [2.05, 4.69) is 33.0 Å². The molecule has 0 heterocycles. The lowest BCUT2D eigenvalue weighted by molar-refractivity contribution is -0.385. The number of benzene rings is 1. The predicted octanol–water partition coefficient (Wildman–Crippen LogP) is 4.23. The maximum Gasteiger partial charge on any atom is 0.311 e. The molecule has 2 rings (SSSR count). The molecule has 0 amide bonds. The molecule has 1 aromatic carbocycles. The highest BCUT2D eigenvalue weighted by Crippen LogP contribution is 2.63. The fraction of sp³-hybridized carbons (Fsp3) is 0.625. The Labute approximate surface area is 125 Å². The Morgan fingerprint density at radius 3 is 2.38 bits per heavy atom. The smallest absolute Gasteiger partial charge is 0.311 e. The van der Waals surface area contributed by atoms with E-state index in [-0.39, 0.29) is 16.5 Å². The first kappa shape index (κ1) is 15.6. The highest BCUT2D eigenvalue weighted by atomic mass is 16.6. The molecule has 21 heavy (non-hydrogen) atoms. The second kappa shape index (κ2) is 5.20. The summed E-state index contributed by atoms with van der Waals surface area (Å²) in [6.07, 6.45) is 0.817. The molecule has 116 valence electrons. The number of nitro benzene ring substituents is 1. The summed E-state index contributed by atoms with van der Waals surface area (Å²) in [5.41, 5.74) is 1.30. The summed E-state index contributed by atoms with van der Waals surface area (Å²) in [4.78, 5) is 10.6. The van der Waals surface area contributed by atoms with Crippen molar-refractivity contribution in [2.45, 2.75) is 47.1 Å². The van der Waals surface area contributed by atoms with Crippen LogP contribution in [-0.4, -0.2) is 17.6 Å². The third-order valence-corrected chi connectivity index (χ3v) is 4.95. The monoisotopic (exact) mass is 292 g/mol. The summed E-state index contributed by atoms with van der Waals surface area (Å²) in [5, 5.41) is 14.5. The molecule has 1 aliphatic rings. The lowest BCUT2D eigenvalue weighted by atomic mass is 10.0. The van der Waals surface area contributed by atoms with Gasteiger partial charge in [0.15, 0.2) is 5.75 Å². The summed E-state index contributed by atoms with van der Waals surface area (Å²) < 4.78 is 5.51. The van der Waals surface area contributed by atoms with Gasteiger partial charge in [-0.3, -0.25) is 10.1 Å². The van der Waals surface area contributed by atoms with Gasteiger partial charge >= 0.3 is 5.69 Å². The maximum absolute atomic E-state index is 11.0. The third-order valence-electron chi connectivity index (χ3n) is 4.95. The predicted molar refractivity (Wildman–Crippen MR) is 83.9 cm³/mol. The van der Waals surface area contributed by atoms with Crippen molar-refractivity contribution in [2.24, 2.45) is 10.8 Å². The van der Waals surface area contributed by atoms with E-state index >= 15 is 0 Å². The number of nitro groups is 1. The summed E-state index contributed by atoms with van der Waals surface area (Å²) >= 11 is 0. The average Bonchev–Trinajstić information content (AvgIpc) is 2.78. The summed E-state index contributed by atoms with van der Waals surface area (Å²) in [5.74, 6) is 0.336. The molecule has 0 bridgehead atoms. The lowest BCUT2D eigenvalue weighted by Crippen LogP contribution is -2.10. The van der Waals surface area contributed by atoms with Crippen LogP contribution in [-0.2, 0) is 0 Å². The number of nitrogens with zero attached hydrogens (tertiary/aromatic N) is 1. The van der Waals surface area contributed by atoms with Crippen LogP contribution in [0.2, 0.25) is 0 Å². The molecule has 5 nitrogen and oxygen atoms in total. The van der Waals surface area contributed by atoms with E-state index in [1.54, 1.807) is 12.1 Å². The molecule has 1 aliphatic carbocycles. The van der Waals surface area contributed by atoms with Crippen LogP contribution in [0.15, 0.2) is 18.2 Å². The molecule has 0 spiro atoms. The van der Waals surface area contributed by atoms with E-state index in [9.17, 15) is 10.1 Å². The quantitative estimate of drug-likeness (QED) is 0.629. The zero-order valence-corrected chi connectivity index (χ0v) is 13.4. The molecule has 1 aromatic rings. The number of ether oxygens (including phenoxy) is 1. The molecule has 5 heteroatoms. The van der Waals surface area contributed by atoms with Crippen LogP contribution in [0.3, 0.4) is 0 Å². The van der Waals surface area contributed by atoms with Gasteiger partial charge in [0.2, 0.25) is 0 Å². The van der Waals surface area contributed by atoms with Crippen LogP contribution < -0.4 is 10.1 Å². The molecular weight excluding hydrogens is 268 g/mol. The van der Waals surface area contributed by atoms with Crippen LogP contribution in [0.25, 0.3) is 0 Å². The lowest BCUT2D eigenvalue weighted by Gasteiger charge is -2.11. The molecule has 0 radical (unpaired) electrons. The second-order valence-corrected chi connectivity index (χ2v) is 6.81. The van der Waals surface area contributed by atoms with Gasteiger partial charge in [-0.2, -0.15) is 0 Å². The molecule has 0 saturated heterocycles. The van der Waals surface area contributed by atoms with Crippen molar-refractivity contribution in [1.82, 2.24) is 0 Å². The van der Waals surface area contributed by atoms with Gasteiger partial charge in [0.1, 0.15) is 0 Å². The fourth-order valence-electron chi connectivity index (χ4n) is 2.81.